The molecule has 0 bridgehead atoms. The molecule has 17 heavy (non-hydrogen) atoms. The number of nitrogens with zero attached hydrogens (tertiary/aromatic N) is 2. The molecule has 0 aliphatic heterocycles. The van der Waals surface area contributed by atoms with Crippen molar-refractivity contribution in [3.05, 3.63) is 5.51 Å². The fourth-order valence-corrected chi connectivity index (χ4v) is 2.86. The highest BCUT2D eigenvalue weighted by Crippen LogP contribution is 2.22. The molecule has 0 aromatic carbocycles. The first kappa shape index (κ1) is 14.4. The van der Waals surface area contributed by atoms with Crippen LogP contribution in [0.2, 0.25) is 0 Å². The van der Waals surface area contributed by atoms with Gasteiger partial charge in [0.1, 0.15) is 11.0 Å². The number of aromatic nitrogens is 2. The number of carbonyl (C=O) groups excluding carboxylic acids is 1. The normalized spacial score (nSPS) is 14.3. The number of ether oxygens (including phenoxy) is 1. The van der Waals surface area contributed by atoms with Crippen LogP contribution in [0.25, 0.3) is 0 Å². The Labute approximate surface area is 109 Å². The molecule has 0 aliphatic rings. The maximum absolute atomic E-state index is 11.6. The zero-order valence-electron chi connectivity index (χ0n) is 10.2. The molecule has 1 atom stereocenters. The number of hydrogen-bond donors (Lipinski definition) is 1. The molecule has 1 N–H and O–H groups in total. The summed E-state index contributed by atoms with van der Waals surface area (Å²) in [6, 6.07) is 0. The van der Waals surface area contributed by atoms with Crippen molar-refractivity contribution >= 4 is 29.1 Å². The summed E-state index contributed by atoms with van der Waals surface area (Å²) in [7, 11) is 3.18. The van der Waals surface area contributed by atoms with Crippen molar-refractivity contribution in [1.29, 1.82) is 0 Å². The second-order valence-corrected chi connectivity index (χ2v) is 5.91. The van der Waals surface area contributed by atoms with Gasteiger partial charge in [0.25, 0.3) is 0 Å². The van der Waals surface area contributed by atoms with Gasteiger partial charge in [-0.05, 0) is 26.8 Å². The van der Waals surface area contributed by atoms with E-state index in [2.05, 4.69) is 15.5 Å². The van der Waals surface area contributed by atoms with Crippen LogP contribution >= 0.6 is 23.1 Å². The predicted octanol–water partition coefficient (Wildman–Crippen LogP) is 1.56. The Morgan fingerprint density at radius 2 is 2.47 bits per heavy atom. The molecule has 96 valence electrons. The van der Waals surface area contributed by atoms with Crippen LogP contribution in [0, 0.1) is 0 Å². The van der Waals surface area contributed by atoms with E-state index in [1.165, 1.54) is 18.4 Å². The molecule has 1 unspecified atom stereocenters. The number of esters is 1. The third-order valence-corrected chi connectivity index (χ3v) is 4.52. The number of rotatable bonds is 7. The van der Waals surface area contributed by atoms with Crippen LogP contribution in [0.5, 0.6) is 0 Å². The third-order valence-electron chi connectivity index (χ3n) is 2.57. The summed E-state index contributed by atoms with van der Waals surface area (Å²) in [6.45, 7) is 1.86. The topological polar surface area (TPSA) is 64.1 Å². The monoisotopic (exact) mass is 275 g/mol. The largest absolute Gasteiger partial charge is 0.468 e. The minimum atomic E-state index is -0.601. The number of methoxy groups -OCH3 is 1. The smallest absolute Gasteiger partial charge is 0.325 e. The van der Waals surface area contributed by atoms with Crippen LogP contribution in [0.1, 0.15) is 19.8 Å². The lowest BCUT2D eigenvalue weighted by Crippen LogP contribution is -2.48. The minimum absolute atomic E-state index is 0.221. The van der Waals surface area contributed by atoms with E-state index in [1.54, 1.807) is 24.3 Å². The molecule has 0 amide bonds. The number of likely N-dealkylation sites (N-methyl/N-ethyl adjacent to an activating group) is 1. The van der Waals surface area contributed by atoms with E-state index in [-0.39, 0.29) is 5.97 Å². The second-order valence-electron chi connectivity index (χ2n) is 3.73. The standard InChI is InChI=1S/C10H17N3O2S2/c1-10(11-2,8(14)15-3)5-4-6-16-9-13-12-7-17-9/h7,11H,4-6H2,1-3H3. The van der Waals surface area contributed by atoms with Gasteiger partial charge in [-0.1, -0.05) is 23.1 Å². The summed E-state index contributed by atoms with van der Waals surface area (Å²) in [6.07, 6.45) is 1.65. The molecule has 0 radical (unpaired) electrons. The minimum Gasteiger partial charge on any atom is -0.468 e. The Kier molecular flexibility index (Phi) is 5.87. The van der Waals surface area contributed by atoms with E-state index in [0.29, 0.717) is 0 Å². The molecule has 1 rings (SSSR count). The first-order valence-corrected chi connectivity index (χ1v) is 7.15. The van der Waals surface area contributed by atoms with Gasteiger partial charge in [0.2, 0.25) is 0 Å². The van der Waals surface area contributed by atoms with Crippen LogP contribution in [0.3, 0.4) is 0 Å². The predicted molar refractivity (Wildman–Crippen MR) is 69.3 cm³/mol. The number of thioether (sulfide) groups is 1. The quantitative estimate of drug-likeness (QED) is 0.463. The third kappa shape index (κ3) is 4.25. The van der Waals surface area contributed by atoms with Crippen molar-refractivity contribution in [2.75, 3.05) is 19.9 Å². The van der Waals surface area contributed by atoms with Gasteiger partial charge in [-0.15, -0.1) is 10.2 Å². The second kappa shape index (κ2) is 6.93. The summed E-state index contributed by atoms with van der Waals surface area (Å²) in [5, 5.41) is 10.7. The maximum Gasteiger partial charge on any atom is 0.325 e. The lowest BCUT2D eigenvalue weighted by molar-refractivity contribution is -0.148. The van der Waals surface area contributed by atoms with E-state index in [0.717, 1.165) is 22.9 Å². The molecule has 0 aliphatic carbocycles. The van der Waals surface area contributed by atoms with Gasteiger partial charge in [-0.2, -0.15) is 0 Å². The van der Waals surface area contributed by atoms with Crippen molar-refractivity contribution in [1.82, 2.24) is 15.5 Å². The van der Waals surface area contributed by atoms with Gasteiger partial charge >= 0.3 is 5.97 Å². The molecule has 0 saturated carbocycles. The zero-order chi connectivity index (χ0) is 12.7. The maximum atomic E-state index is 11.6. The van der Waals surface area contributed by atoms with Crippen molar-refractivity contribution < 1.29 is 9.53 Å². The van der Waals surface area contributed by atoms with Crippen molar-refractivity contribution in [2.45, 2.75) is 29.6 Å². The first-order chi connectivity index (χ1) is 8.12. The van der Waals surface area contributed by atoms with E-state index >= 15 is 0 Å². The van der Waals surface area contributed by atoms with Crippen LogP contribution < -0.4 is 5.32 Å². The van der Waals surface area contributed by atoms with E-state index < -0.39 is 5.54 Å². The summed E-state index contributed by atoms with van der Waals surface area (Å²) in [4.78, 5) is 11.6. The van der Waals surface area contributed by atoms with Crippen molar-refractivity contribution in [3.63, 3.8) is 0 Å². The van der Waals surface area contributed by atoms with Crippen LogP contribution in [0.15, 0.2) is 9.85 Å². The summed E-state index contributed by atoms with van der Waals surface area (Å²) in [5.41, 5.74) is 1.12. The molecule has 0 spiro atoms. The van der Waals surface area contributed by atoms with Gasteiger partial charge in [-0.25, -0.2) is 0 Å². The Hall–Kier alpha value is -0.660. The van der Waals surface area contributed by atoms with Gasteiger partial charge < -0.3 is 10.1 Å². The van der Waals surface area contributed by atoms with E-state index in [1.807, 2.05) is 6.92 Å². The van der Waals surface area contributed by atoms with E-state index in [9.17, 15) is 4.79 Å². The summed E-state index contributed by atoms with van der Waals surface area (Å²) in [5.74, 6) is 0.699. The van der Waals surface area contributed by atoms with Gasteiger partial charge in [0.05, 0.1) is 7.11 Å². The van der Waals surface area contributed by atoms with Crippen LogP contribution in [-0.2, 0) is 9.53 Å². The summed E-state index contributed by atoms with van der Waals surface area (Å²) >= 11 is 3.19. The molecule has 1 aromatic heterocycles. The zero-order valence-corrected chi connectivity index (χ0v) is 11.9. The molecule has 1 heterocycles. The molecular weight excluding hydrogens is 258 g/mol. The fourth-order valence-electron chi connectivity index (χ4n) is 1.37. The average molecular weight is 275 g/mol. The summed E-state index contributed by atoms with van der Waals surface area (Å²) < 4.78 is 5.75. The highest BCUT2D eigenvalue weighted by molar-refractivity contribution is 8.00. The molecule has 0 fully saturated rings. The van der Waals surface area contributed by atoms with Crippen molar-refractivity contribution in [2.24, 2.45) is 0 Å². The number of carbonyl (C=O) groups is 1. The molecular formula is C10H17N3O2S2. The Balaban J connectivity index is 2.31. The van der Waals surface area contributed by atoms with Gasteiger partial charge in [0, 0.05) is 5.75 Å². The molecule has 7 heteroatoms. The number of nitrogens with one attached hydrogen (secondary N) is 1. The first-order valence-electron chi connectivity index (χ1n) is 5.28. The van der Waals surface area contributed by atoms with Crippen LogP contribution in [0.4, 0.5) is 0 Å². The van der Waals surface area contributed by atoms with Crippen LogP contribution in [-0.4, -0.2) is 41.6 Å². The SMILES string of the molecule is CNC(C)(CCCSc1nncs1)C(=O)OC. The Morgan fingerprint density at radius 1 is 1.71 bits per heavy atom. The molecule has 1 aromatic rings. The Morgan fingerprint density at radius 3 is 3.00 bits per heavy atom. The van der Waals surface area contributed by atoms with Crippen molar-refractivity contribution in [3.8, 4) is 0 Å². The average Bonchev–Trinajstić information content (AvgIpc) is 2.86. The van der Waals surface area contributed by atoms with Gasteiger partial charge in [0.15, 0.2) is 4.34 Å². The lowest BCUT2D eigenvalue weighted by Gasteiger charge is -2.25. The number of hydrogen-bond acceptors (Lipinski definition) is 7. The molecule has 0 saturated heterocycles. The Bertz CT molecular complexity index is 345. The lowest BCUT2D eigenvalue weighted by atomic mass is 9.97. The molecule has 5 nitrogen and oxygen atoms in total. The fraction of sp³-hybridized carbons (Fsp3) is 0.700. The highest BCUT2D eigenvalue weighted by Gasteiger charge is 2.31. The highest BCUT2D eigenvalue weighted by atomic mass is 32.2. The van der Waals surface area contributed by atoms with E-state index in [4.69, 9.17) is 4.74 Å². The van der Waals surface area contributed by atoms with Gasteiger partial charge in [-0.3, -0.25) is 4.79 Å².